The lowest BCUT2D eigenvalue weighted by atomic mass is 10.2. The van der Waals surface area contributed by atoms with Crippen LogP contribution in [-0.2, 0) is 4.79 Å². The Balaban J connectivity index is 1.74. The highest BCUT2D eigenvalue weighted by Gasteiger charge is 2.23. The molecular weight excluding hydrogens is 408 g/mol. The quantitative estimate of drug-likeness (QED) is 0.357. The standard InChI is InChI=1S/C24H22N4O2S/c1-3-20(22(29)27-21-15-16(2)13-14-25-21)31-24-26-19-12-8-7-11-18(19)23(30)28(24)17-9-5-4-6-10-17/h4-15,20H,3H2,1-2H3,(H,25,27,29). The van der Waals surface area contributed by atoms with E-state index in [1.54, 1.807) is 16.8 Å². The number of hydrogen-bond acceptors (Lipinski definition) is 5. The molecule has 0 spiro atoms. The maximum Gasteiger partial charge on any atom is 0.266 e. The van der Waals surface area contributed by atoms with Gasteiger partial charge in [0.2, 0.25) is 5.91 Å². The van der Waals surface area contributed by atoms with Crippen LogP contribution in [0, 0.1) is 6.92 Å². The van der Waals surface area contributed by atoms with Crippen LogP contribution in [0.15, 0.2) is 82.9 Å². The summed E-state index contributed by atoms with van der Waals surface area (Å²) in [5.41, 5.74) is 2.18. The van der Waals surface area contributed by atoms with Crippen LogP contribution in [0.4, 0.5) is 5.82 Å². The van der Waals surface area contributed by atoms with Gasteiger partial charge in [0.25, 0.3) is 5.56 Å². The van der Waals surface area contributed by atoms with Gasteiger partial charge < -0.3 is 5.32 Å². The third-order valence-corrected chi connectivity index (χ3v) is 6.15. The SMILES string of the molecule is CCC(Sc1nc2ccccc2c(=O)n1-c1ccccc1)C(=O)Nc1cc(C)ccn1. The molecule has 0 bridgehead atoms. The maximum absolute atomic E-state index is 13.3. The number of hydrogen-bond donors (Lipinski definition) is 1. The summed E-state index contributed by atoms with van der Waals surface area (Å²) in [4.78, 5) is 35.2. The zero-order valence-corrected chi connectivity index (χ0v) is 18.1. The number of carbonyl (C=O) groups is 1. The molecule has 1 amide bonds. The second-order valence-corrected chi connectivity index (χ2v) is 8.28. The number of nitrogens with zero attached hydrogens (tertiary/aromatic N) is 3. The van der Waals surface area contributed by atoms with Crippen molar-refractivity contribution < 1.29 is 4.79 Å². The van der Waals surface area contributed by atoms with E-state index in [0.29, 0.717) is 34.0 Å². The number of amides is 1. The molecule has 2 heterocycles. The van der Waals surface area contributed by atoms with Gasteiger partial charge in [-0.1, -0.05) is 49.0 Å². The topological polar surface area (TPSA) is 76.9 Å². The minimum Gasteiger partial charge on any atom is -0.310 e. The van der Waals surface area contributed by atoms with Crippen molar-refractivity contribution in [3.63, 3.8) is 0 Å². The van der Waals surface area contributed by atoms with Crippen molar-refractivity contribution in [1.29, 1.82) is 0 Å². The van der Waals surface area contributed by atoms with Crippen LogP contribution in [0.1, 0.15) is 18.9 Å². The first-order chi connectivity index (χ1) is 15.1. The first kappa shape index (κ1) is 20.8. The maximum atomic E-state index is 13.3. The van der Waals surface area contributed by atoms with Gasteiger partial charge in [0.15, 0.2) is 5.16 Å². The summed E-state index contributed by atoms with van der Waals surface area (Å²) in [6.45, 7) is 3.88. The number of anilines is 1. The van der Waals surface area contributed by atoms with E-state index < -0.39 is 5.25 Å². The predicted octanol–water partition coefficient (Wildman–Crippen LogP) is 4.60. The summed E-state index contributed by atoms with van der Waals surface area (Å²) in [5, 5.41) is 3.46. The molecule has 0 fully saturated rings. The summed E-state index contributed by atoms with van der Waals surface area (Å²) < 4.78 is 1.58. The molecule has 7 heteroatoms. The second kappa shape index (κ2) is 9.14. The van der Waals surface area contributed by atoms with Crippen LogP contribution in [0.2, 0.25) is 0 Å². The Bertz CT molecular complexity index is 1290. The normalized spacial score (nSPS) is 11.9. The van der Waals surface area contributed by atoms with Crippen molar-refractivity contribution in [1.82, 2.24) is 14.5 Å². The molecule has 0 saturated heterocycles. The molecule has 1 atom stereocenters. The molecule has 0 aliphatic rings. The van der Waals surface area contributed by atoms with E-state index in [0.717, 1.165) is 5.56 Å². The second-order valence-electron chi connectivity index (χ2n) is 7.11. The fraction of sp³-hybridized carbons (Fsp3) is 0.167. The van der Waals surface area contributed by atoms with Crippen LogP contribution >= 0.6 is 11.8 Å². The monoisotopic (exact) mass is 430 g/mol. The lowest BCUT2D eigenvalue weighted by Crippen LogP contribution is -2.28. The van der Waals surface area contributed by atoms with Crippen LogP contribution in [0.3, 0.4) is 0 Å². The van der Waals surface area contributed by atoms with Gasteiger partial charge in [0, 0.05) is 6.20 Å². The third-order valence-electron chi connectivity index (χ3n) is 4.84. The van der Waals surface area contributed by atoms with E-state index in [1.807, 2.05) is 74.5 Å². The minimum absolute atomic E-state index is 0.157. The van der Waals surface area contributed by atoms with Crippen LogP contribution in [-0.4, -0.2) is 25.7 Å². The number of nitrogens with one attached hydrogen (secondary N) is 1. The number of pyridine rings is 1. The Morgan fingerprint density at radius 3 is 2.58 bits per heavy atom. The molecule has 31 heavy (non-hydrogen) atoms. The highest BCUT2D eigenvalue weighted by atomic mass is 32.2. The van der Waals surface area contributed by atoms with Crippen LogP contribution in [0.5, 0.6) is 0 Å². The predicted molar refractivity (Wildman–Crippen MR) is 125 cm³/mol. The molecule has 6 nitrogen and oxygen atoms in total. The van der Waals surface area contributed by atoms with Gasteiger partial charge in [-0.15, -0.1) is 0 Å². The number of carbonyl (C=O) groups excluding carboxylic acids is 1. The van der Waals surface area contributed by atoms with Crippen molar-refractivity contribution in [2.45, 2.75) is 30.7 Å². The van der Waals surface area contributed by atoms with Gasteiger partial charge in [-0.2, -0.15) is 0 Å². The van der Waals surface area contributed by atoms with E-state index in [4.69, 9.17) is 4.98 Å². The van der Waals surface area contributed by atoms with Crippen LogP contribution in [0.25, 0.3) is 16.6 Å². The third kappa shape index (κ3) is 4.51. The number of thioether (sulfide) groups is 1. The molecule has 1 unspecified atom stereocenters. The van der Waals surface area contributed by atoms with Crippen molar-refractivity contribution in [2.75, 3.05) is 5.32 Å². The van der Waals surface area contributed by atoms with E-state index in [1.165, 1.54) is 11.8 Å². The largest absolute Gasteiger partial charge is 0.310 e. The number of para-hydroxylation sites is 2. The van der Waals surface area contributed by atoms with Crippen molar-refractivity contribution in [2.24, 2.45) is 0 Å². The molecule has 2 aromatic carbocycles. The summed E-state index contributed by atoms with van der Waals surface area (Å²) >= 11 is 1.28. The molecule has 156 valence electrons. The molecule has 2 aromatic heterocycles. The summed E-state index contributed by atoms with van der Waals surface area (Å²) in [6.07, 6.45) is 2.23. The zero-order chi connectivity index (χ0) is 21.8. The van der Waals surface area contributed by atoms with Crippen LogP contribution < -0.4 is 10.9 Å². The average molecular weight is 431 g/mol. The first-order valence-electron chi connectivity index (χ1n) is 10.0. The number of rotatable bonds is 6. The molecule has 1 N–H and O–H groups in total. The van der Waals surface area contributed by atoms with E-state index >= 15 is 0 Å². The number of fused-ring (bicyclic) bond motifs is 1. The molecule has 0 aliphatic carbocycles. The Morgan fingerprint density at radius 2 is 1.84 bits per heavy atom. The molecule has 0 radical (unpaired) electrons. The highest BCUT2D eigenvalue weighted by Crippen LogP contribution is 2.27. The fourth-order valence-electron chi connectivity index (χ4n) is 3.26. The lowest BCUT2D eigenvalue weighted by molar-refractivity contribution is -0.115. The Morgan fingerprint density at radius 1 is 1.10 bits per heavy atom. The number of aryl methyl sites for hydroxylation is 1. The average Bonchev–Trinajstić information content (AvgIpc) is 2.78. The smallest absolute Gasteiger partial charge is 0.266 e. The molecule has 0 aliphatic heterocycles. The molecule has 0 saturated carbocycles. The summed E-state index contributed by atoms with van der Waals surface area (Å²) in [5.74, 6) is 0.337. The highest BCUT2D eigenvalue weighted by molar-refractivity contribution is 8.00. The van der Waals surface area contributed by atoms with Gasteiger partial charge in [-0.05, 0) is 55.3 Å². The Kier molecular flexibility index (Phi) is 6.13. The minimum atomic E-state index is -0.440. The molecule has 4 rings (SSSR count). The fourth-order valence-corrected chi connectivity index (χ4v) is 4.29. The van der Waals surface area contributed by atoms with Crippen molar-refractivity contribution in [3.8, 4) is 5.69 Å². The molecule has 4 aromatic rings. The summed E-state index contributed by atoms with van der Waals surface area (Å²) in [7, 11) is 0. The molecular formula is C24H22N4O2S. The Hall–Kier alpha value is -3.45. The lowest BCUT2D eigenvalue weighted by Gasteiger charge is -2.18. The van der Waals surface area contributed by atoms with Gasteiger partial charge in [-0.25, -0.2) is 9.97 Å². The Labute approximate surface area is 184 Å². The van der Waals surface area contributed by atoms with E-state index in [-0.39, 0.29) is 11.5 Å². The van der Waals surface area contributed by atoms with Gasteiger partial charge in [0.05, 0.1) is 21.8 Å². The van der Waals surface area contributed by atoms with Crippen molar-refractivity contribution >= 4 is 34.4 Å². The van der Waals surface area contributed by atoms with E-state index in [9.17, 15) is 9.59 Å². The zero-order valence-electron chi connectivity index (χ0n) is 17.3. The first-order valence-corrected chi connectivity index (χ1v) is 10.9. The summed E-state index contributed by atoms with van der Waals surface area (Å²) in [6, 6.07) is 20.3. The van der Waals surface area contributed by atoms with Gasteiger partial charge >= 0.3 is 0 Å². The number of benzene rings is 2. The number of aromatic nitrogens is 3. The van der Waals surface area contributed by atoms with Crippen molar-refractivity contribution in [3.05, 3.63) is 88.8 Å². The van der Waals surface area contributed by atoms with Gasteiger partial charge in [0.1, 0.15) is 5.82 Å². The van der Waals surface area contributed by atoms with Gasteiger partial charge in [-0.3, -0.25) is 14.2 Å². The van der Waals surface area contributed by atoms with E-state index in [2.05, 4.69) is 10.3 Å².